The number of aromatic nitrogens is 3. The van der Waals surface area contributed by atoms with Crippen molar-refractivity contribution in [3.05, 3.63) is 51.3 Å². The van der Waals surface area contributed by atoms with E-state index in [9.17, 15) is 4.79 Å². The fourth-order valence-electron chi connectivity index (χ4n) is 3.36. The van der Waals surface area contributed by atoms with E-state index in [0.29, 0.717) is 11.9 Å². The van der Waals surface area contributed by atoms with Gasteiger partial charge in [0.1, 0.15) is 5.52 Å². The summed E-state index contributed by atoms with van der Waals surface area (Å²) in [7, 11) is 1.95. The molecule has 25 heavy (non-hydrogen) atoms. The normalized spacial score (nSPS) is 11.6. The van der Waals surface area contributed by atoms with Gasteiger partial charge in [0.25, 0.3) is 5.56 Å². The minimum Gasteiger partial charge on any atom is -0.315 e. The van der Waals surface area contributed by atoms with Crippen molar-refractivity contribution in [1.29, 1.82) is 0 Å². The molecule has 2 N–H and O–H groups in total. The SMILES string of the molecule is CCn1c(=O)c2c(C)[nH]nc2c2cc(-c3ccc(CNC)s3)ccc21. The average molecular weight is 352 g/mol. The zero-order valence-corrected chi connectivity index (χ0v) is 15.3. The number of rotatable bonds is 4. The van der Waals surface area contributed by atoms with Gasteiger partial charge in [-0.15, -0.1) is 11.3 Å². The first-order valence-corrected chi connectivity index (χ1v) is 9.20. The van der Waals surface area contributed by atoms with Gasteiger partial charge < -0.3 is 9.88 Å². The molecule has 0 radical (unpaired) electrons. The number of thiophene rings is 1. The highest BCUT2D eigenvalue weighted by atomic mass is 32.1. The van der Waals surface area contributed by atoms with E-state index in [0.717, 1.165) is 34.2 Å². The van der Waals surface area contributed by atoms with Crippen LogP contribution in [0.15, 0.2) is 35.1 Å². The van der Waals surface area contributed by atoms with Crippen LogP contribution in [0.25, 0.3) is 32.2 Å². The van der Waals surface area contributed by atoms with E-state index in [1.165, 1.54) is 9.75 Å². The molecular formula is C19H20N4OS. The Bertz CT molecular complexity index is 1140. The molecule has 0 amide bonds. The molecule has 6 heteroatoms. The second-order valence-electron chi connectivity index (χ2n) is 6.15. The first kappa shape index (κ1) is 16.1. The Balaban J connectivity index is 2.00. The van der Waals surface area contributed by atoms with Gasteiger partial charge in [0.2, 0.25) is 0 Å². The molecule has 128 valence electrons. The largest absolute Gasteiger partial charge is 0.315 e. The van der Waals surface area contributed by atoms with Crippen LogP contribution in [0.5, 0.6) is 0 Å². The Hall–Kier alpha value is -2.44. The highest BCUT2D eigenvalue weighted by molar-refractivity contribution is 7.15. The lowest BCUT2D eigenvalue weighted by atomic mass is 10.1. The maximum atomic E-state index is 12.8. The summed E-state index contributed by atoms with van der Waals surface area (Å²) in [6.07, 6.45) is 0. The van der Waals surface area contributed by atoms with Crippen molar-refractivity contribution >= 4 is 33.1 Å². The summed E-state index contributed by atoms with van der Waals surface area (Å²) >= 11 is 1.78. The number of hydrogen-bond donors (Lipinski definition) is 2. The fourth-order valence-corrected chi connectivity index (χ4v) is 4.38. The zero-order valence-electron chi connectivity index (χ0n) is 14.5. The second kappa shape index (κ2) is 6.13. The van der Waals surface area contributed by atoms with Gasteiger partial charge in [-0.05, 0) is 50.7 Å². The zero-order chi connectivity index (χ0) is 17.6. The van der Waals surface area contributed by atoms with Gasteiger partial charge in [0, 0.05) is 33.9 Å². The molecule has 0 saturated carbocycles. The summed E-state index contributed by atoms with van der Waals surface area (Å²) in [6.45, 7) is 5.41. The molecule has 4 aromatic rings. The van der Waals surface area contributed by atoms with Gasteiger partial charge in [-0.25, -0.2) is 0 Å². The molecule has 0 atom stereocenters. The third-order valence-electron chi connectivity index (χ3n) is 4.56. The predicted molar refractivity (Wildman–Crippen MR) is 104 cm³/mol. The average Bonchev–Trinajstić information content (AvgIpc) is 3.23. The molecule has 0 unspecified atom stereocenters. The highest BCUT2D eigenvalue weighted by Crippen LogP contribution is 2.32. The van der Waals surface area contributed by atoms with Crippen molar-refractivity contribution < 1.29 is 0 Å². The van der Waals surface area contributed by atoms with Crippen molar-refractivity contribution in [2.75, 3.05) is 7.05 Å². The van der Waals surface area contributed by atoms with Gasteiger partial charge in [0.15, 0.2) is 0 Å². The van der Waals surface area contributed by atoms with Crippen LogP contribution in [-0.4, -0.2) is 21.8 Å². The van der Waals surface area contributed by atoms with Crippen molar-refractivity contribution in [2.45, 2.75) is 26.9 Å². The second-order valence-corrected chi connectivity index (χ2v) is 7.32. The molecule has 0 fully saturated rings. The van der Waals surface area contributed by atoms with Gasteiger partial charge in [-0.1, -0.05) is 6.07 Å². The van der Waals surface area contributed by atoms with Crippen molar-refractivity contribution in [2.24, 2.45) is 0 Å². The third kappa shape index (κ3) is 2.49. The lowest BCUT2D eigenvalue weighted by molar-refractivity contribution is 0.766. The first-order valence-electron chi connectivity index (χ1n) is 8.39. The van der Waals surface area contributed by atoms with Gasteiger partial charge >= 0.3 is 0 Å². The van der Waals surface area contributed by atoms with Crippen molar-refractivity contribution in [3.8, 4) is 10.4 Å². The molecule has 4 rings (SSSR count). The number of nitrogens with one attached hydrogen (secondary N) is 2. The third-order valence-corrected chi connectivity index (χ3v) is 5.70. The summed E-state index contributed by atoms with van der Waals surface area (Å²) in [5, 5.41) is 12.3. The van der Waals surface area contributed by atoms with Gasteiger partial charge in [-0.2, -0.15) is 5.10 Å². The molecular weight excluding hydrogens is 332 g/mol. The van der Waals surface area contributed by atoms with E-state index in [4.69, 9.17) is 0 Å². The lowest BCUT2D eigenvalue weighted by Crippen LogP contribution is -2.20. The number of benzene rings is 1. The topological polar surface area (TPSA) is 62.7 Å². The number of nitrogens with zero attached hydrogens (tertiary/aromatic N) is 2. The summed E-state index contributed by atoms with van der Waals surface area (Å²) in [5.74, 6) is 0. The number of H-pyrrole nitrogens is 1. The van der Waals surface area contributed by atoms with Crippen molar-refractivity contribution in [3.63, 3.8) is 0 Å². The molecule has 0 aliphatic heterocycles. The Kier molecular flexibility index (Phi) is 3.94. The van der Waals surface area contributed by atoms with Crippen LogP contribution in [0.4, 0.5) is 0 Å². The van der Waals surface area contributed by atoms with Crippen LogP contribution in [0.2, 0.25) is 0 Å². The molecule has 3 aromatic heterocycles. The van der Waals surface area contributed by atoms with E-state index < -0.39 is 0 Å². The molecule has 0 spiro atoms. The predicted octanol–water partition coefficient (Wildman–Crippen LogP) is 3.65. The Morgan fingerprint density at radius 2 is 2.12 bits per heavy atom. The molecule has 0 bridgehead atoms. The summed E-state index contributed by atoms with van der Waals surface area (Å²) in [5.41, 5.74) is 3.69. The van der Waals surface area contributed by atoms with Crippen LogP contribution in [0.1, 0.15) is 17.5 Å². The molecule has 3 heterocycles. The van der Waals surface area contributed by atoms with Crippen LogP contribution in [0, 0.1) is 6.92 Å². The molecule has 1 aromatic carbocycles. The van der Waals surface area contributed by atoms with E-state index in [2.05, 4.69) is 39.8 Å². The van der Waals surface area contributed by atoms with E-state index in [-0.39, 0.29) is 5.56 Å². The highest BCUT2D eigenvalue weighted by Gasteiger charge is 2.15. The van der Waals surface area contributed by atoms with E-state index in [1.807, 2.05) is 31.5 Å². The summed E-state index contributed by atoms with van der Waals surface area (Å²) < 4.78 is 1.82. The van der Waals surface area contributed by atoms with Crippen LogP contribution < -0.4 is 10.9 Å². The van der Waals surface area contributed by atoms with Crippen molar-refractivity contribution in [1.82, 2.24) is 20.1 Å². The standard InChI is InChI=1S/C19H20N4OS/c1-4-23-15-7-5-12(16-8-6-13(25-16)10-20-3)9-14(15)18-17(19(23)24)11(2)21-22-18/h5-9,20H,4,10H2,1-3H3,(H,21,22). The van der Waals surface area contributed by atoms with Crippen LogP contribution in [0.3, 0.4) is 0 Å². The molecule has 0 aliphatic carbocycles. The minimum atomic E-state index is 0.0245. The fraction of sp³-hybridized carbons (Fsp3) is 0.263. The number of hydrogen-bond acceptors (Lipinski definition) is 4. The Morgan fingerprint density at radius 3 is 2.88 bits per heavy atom. The number of pyridine rings is 1. The molecule has 0 aliphatic rings. The van der Waals surface area contributed by atoms with Crippen LogP contribution >= 0.6 is 11.3 Å². The van der Waals surface area contributed by atoms with E-state index in [1.54, 1.807) is 11.3 Å². The minimum absolute atomic E-state index is 0.0245. The number of aryl methyl sites for hydroxylation is 2. The number of aromatic amines is 1. The quantitative estimate of drug-likeness (QED) is 0.589. The Labute approximate surface area is 149 Å². The summed E-state index contributed by atoms with van der Waals surface area (Å²) in [6, 6.07) is 10.6. The maximum absolute atomic E-state index is 12.8. The lowest BCUT2D eigenvalue weighted by Gasteiger charge is -2.10. The first-order chi connectivity index (χ1) is 12.1. The smallest absolute Gasteiger partial charge is 0.262 e. The van der Waals surface area contributed by atoms with Crippen LogP contribution in [-0.2, 0) is 13.1 Å². The van der Waals surface area contributed by atoms with Gasteiger partial charge in [0.05, 0.1) is 10.9 Å². The number of fused-ring (bicyclic) bond motifs is 3. The Morgan fingerprint density at radius 1 is 1.28 bits per heavy atom. The summed E-state index contributed by atoms with van der Waals surface area (Å²) in [4.78, 5) is 15.3. The molecule has 0 saturated heterocycles. The molecule has 5 nitrogen and oxygen atoms in total. The maximum Gasteiger partial charge on any atom is 0.262 e. The van der Waals surface area contributed by atoms with Gasteiger partial charge in [-0.3, -0.25) is 9.89 Å². The monoisotopic (exact) mass is 352 g/mol. The van der Waals surface area contributed by atoms with E-state index >= 15 is 0 Å².